The Morgan fingerprint density at radius 1 is 0.909 bits per heavy atom. The van der Waals surface area contributed by atoms with Crippen LogP contribution in [0, 0.1) is 0 Å². The highest BCUT2D eigenvalue weighted by molar-refractivity contribution is 5.95. The Bertz CT molecular complexity index is 673. The Morgan fingerprint density at radius 2 is 1.41 bits per heavy atom. The van der Waals surface area contributed by atoms with Crippen LogP contribution >= 0.6 is 0 Å². The van der Waals surface area contributed by atoms with E-state index in [4.69, 9.17) is 4.74 Å². The minimum absolute atomic E-state index is 0.157. The second kappa shape index (κ2) is 6.28. The van der Waals surface area contributed by atoms with Gasteiger partial charge in [0.1, 0.15) is 23.4 Å². The molecular weight excluding hydrogens is 288 g/mol. The number of phenols is 3. The smallest absolute Gasteiger partial charge is 0.157 e. The van der Waals surface area contributed by atoms with Crippen molar-refractivity contribution in [3.8, 4) is 17.2 Å². The van der Waals surface area contributed by atoms with E-state index in [-0.39, 0.29) is 18.1 Å². The number of aldehydes is 2. The molecule has 0 fully saturated rings. The van der Waals surface area contributed by atoms with Crippen molar-refractivity contribution in [1.29, 1.82) is 0 Å². The number of ether oxygens (including phenoxy) is 1. The van der Waals surface area contributed by atoms with Gasteiger partial charge in [-0.25, -0.2) is 0 Å². The third-order valence-corrected chi connectivity index (χ3v) is 3.37. The number of methoxy groups -OCH3 is 1. The van der Waals surface area contributed by atoms with E-state index in [0.29, 0.717) is 5.56 Å². The molecule has 2 aromatic rings. The molecule has 0 spiro atoms. The molecule has 1 atom stereocenters. The second-order valence-corrected chi connectivity index (χ2v) is 4.55. The SMILES string of the molecule is COC(c1ccccc1)c1c(O)c(C=O)c(O)c(C=O)c1O. The van der Waals surface area contributed by atoms with E-state index in [0.717, 1.165) is 0 Å². The molecule has 0 heterocycles. The largest absolute Gasteiger partial charge is 0.507 e. The van der Waals surface area contributed by atoms with E-state index in [1.807, 2.05) is 0 Å². The Hall–Kier alpha value is -2.86. The lowest BCUT2D eigenvalue weighted by atomic mass is 9.94. The number of carbonyl (C=O) groups excluding carboxylic acids is 2. The third kappa shape index (κ3) is 2.40. The summed E-state index contributed by atoms with van der Waals surface area (Å²) in [6.45, 7) is 0. The number of hydrogen-bond donors (Lipinski definition) is 3. The van der Waals surface area contributed by atoms with Crippen LogP contribution in [0.15, 0.2) is 30.3 Å². The van der Waals surface area contributed by atoms with Crippen molar-refractivity contribution in [3.63, 3.8) is 0 Å². The molecule has 6 nitrogen and oxygen atoms in total. The van der Waals surface area contributed by atoms with Crippen LogP contribution in [0.4, 0.5) is 0 Å². The summed E-state index contributed by atoms with van der Waals surface area (Å²) in [7, 11) is 1.35. The summed E-state index contributed by atoms with van der Waals surface area (Å²) in [5, 5.41) is 30.1. The highest BCUT2D eigenvalue weighted by Crippen LogP contribution is 2.45. The molecule has 2 rings (SSSR count). The monoisotopic (exact) mass is 302 g/mol. The van der Waals surface area contributed by atoms with Crippen LogP contribution in [-0.2, 0) is 4.74 Å². The van der Waals surface area contributed by atoms with Crippen molar-refractivity contribution >= 4 is 12.6 Å². The van der Waals surface area contributed by atoms with E-state index in [2.05, 4.69) is 0 Å². The lowest BCUT2D eigenvalue weighted by molar-refractivity contribution is 0.111. The van der Waals surface area contributed by atoms with E-state index >= 15 is 0 Å². The molecule has 0 aliphatic carbocycles. The van der Waals surface area contributed by atoms with E-state index < -0.39 is 34.5 Å². The molecular formula is C16H14O6. The first-order valence-corrected chi connectivity index (χ1v) is 6.35. The van der Waals surface area contributed by atoms with Gasteiger partial charge < -0.3 is 20.1 Å². The van der Waals surface area contributed by atoms with E-state index in [1.54, 1.807) is 30.3 Å². The summed E-state index contributed by atoms with van der Waals surface area (Å²) in [6.07, 6.45) is -0.504. The molecule has 0 aliphatic heterocycles. The minimum atomic E-state index is -0.917. The van der Waals surface area contributed by atoms with Gasteiger partial charge in [-0.1, -0.05) is 30.3 Å². The van der Waals surface area contributed by atoms with Gasteiger partial charge >= 0.3 is 0 Å². The summed E-state index contributed by atoms with van der Waals surface area (Å²) in [5.74, 6) is -2.04. The van der Waals surface area contributed by atoms with Gasteiger partial charge in [0.15, 0.2) is 12.6 Å². The van der Waals surface area contributed by atoms with Gasteiger partial charge in [-0.15, -0.1) is 0 Å². The number of aromatic hydroxyl groups is 3. The average Bonchev–Trinajstić information content (AvgIpc) is 2.53. The summed E-state index contributed by atoms with van der Waals surface area (Å²) in [6, 6.07) is 8.64. The predicted molar refractivity (Wildman–Crippen MR) is 77.5 cm³/mol. The molecule has 1 unspecified atom stereocenters. The van der Waals surface area contributed by atoms with E-state index in [9.17, 15) is 24.9 Å². The van der Waals surface area contributed by atoms with Gasteiger partial charge in [-0.2, -0.15) is 0 Å². The van der Waals surface area contributed by atoms with Crippen molar-refractivity contribution < 1.29 is 29.6 Å². The quantitative estimate of drug-likeness (QED) is 0.731. The zero-order valence-corrected chi connectivity index (χ0v) is 11.7. The van der Waals surface area contributed by atoms with E-state index in [1.165, 1.54) is 7.11 Å². The number of hydrogen-bond acceptors (Lipinski definition) is 6. The number of rotatable bonds is 5. The van der Waals surface area contributed by atoms with Crippen LogP contribution < -0.4 is 0 Å². The molecule has 3 N–H and O–H groups in total. The molecule has 0 aliphatic rings. The number of benzene rings is 2. The highest BCUT2D eigenvalue weighted by atomic mass is 16.5. The molecule has 2 aromatic carbocycles. The molecule has 0 saturated heterocycles. The van der Waals surface area contributed by atoms with Crippen LogP contribution in [0.3, 0.4) is 0 Å². The second-order valence-electron chi connectivity index (χ2n) is 4.55. The summed E-state index contributed by atoms with van der Waals surface area (Å²) >= 11 is 0. The van der Waals surface area contributed by atoms with Gasteiger partial charge in [0.25, 0.3) is 0 Å². The van der Waals surface area contributed by atoms with Crippen LogP contribution in [0.25, 0.3) is 0 Å². The van der Waals surface area contributed by atoms with Crippen LogP contribution in [0.5, 0.6) is 17.2 Å². The zero-order valence-electron chi connectivity index (χ0n) is 11.7. The maximum absolute atomic E-state index is 11.1. The van der Waals surface area contributed by atoms with Gasteiger partial charge in [0, 0.05) is 7.11 Å². The van der Waals surface area contributed by atoms with Crippen LogP contribution in [0.1, 0.15) is 37.9 Å². The normalized spacial score (nSPS) is 11.9. The zero-order chi connectivity index (χ0) is 16.3. The lowest BCUT2D eigenvalue weighted by Crippen LogP contribution is -2.07. The Balaban J connectivity index is 2.78. The van der Waals surface area contributed by atoms with Crippen molar-refractivity contribution in [2.45, 2.75) is 6.10 Å². The van der Waals surface area contributed by atoms with Gasteiger partial charge in [-0.05, 0) is 5.56 Å². The summed E-state index contributed by atoms with van der Waals surface area (Å²) in [5.41, 5.74) is -0.522. The Kier molecular flexibility index (Phi) is 4.43. The third-order valence-electron chi connectivity index (χ3n) is 3.37. The molecule has 114 valence electrons. The predicted octanol–water partition coefficient (Wildman–Crippen LogP) is 2.16. The molecule has 0 radical (unpaired) electrons. The fraction of sp³-hybridized carbons (Fsp3) is 0.125. The lowest BCUT2D eigenvalue weighted by Gasteiger charge is -2.21. The molecule has 0 amide bonds. The first-order valence-electron chi connectivity index (χ1n) is 6.35. The van der Waals surface area contributed by atoms with Crippen molar-refractivity contribution in [2.24, 2.45) is 0 Å². The Morgan fingerprint density at radius 3 is 1.82 bits per heavy atom. The first-order chi connectivity index (χ1) is 10.6. The Labute approximate surface area is 126 Å². The fourth-order valence-electron chi connectivity index (χ4n) is 2.29. The first kappa shape index (κ1) is 15.5. The molecule has 0 bridgehead atoms. The molecule has 0 saturated carbocycles. The standard InChI is InChI=1S/C16H14O6/c1-22-16(9-5-3-2-4-6-9)12-14(20)10(7-17)13(19)11(8-18)15(12)21/h2-8,16,19-21H,1H3. The van der Waals surface area contributed by atoms with Gasteiger partial charge in [0.05, 0.1) is 16.7 Å². The highest BCUT2D eigenvalue weighted by Gasteiger charge is 2.29. The van der Waals surface area contributed by atoms with Crippen molar-refractivity contribution in [2.75, 3.05) is 7.11 Å². The van der Waals surface area contributed by atoms with Gasteiger partial charge in [-0.3, -0.25) is 9.59 Å². The van der Waals surface area contributed by atoms with Crippen molar-refractivity contribution in [3.05, 3.63) is 52.6 Å². The summed E-state index contributed by atoms with van der Waals surface area (Å²) < 4.78 is 5.29. The molecule has 6 heteroatoms. The summed E-state index contributed by atoms with van der Waals surface area (Å²) in [4.78, 5) is 22.1. The van der Waals surface area contributed by atoms with Gasteiger partial charge in [0.2, 0.25) is 0 Å². The average molecular weight is 302 g/mol. The van der Waals surface area contributed by atoms with Crippen LogP contribution in [0.2, 0.25) is 0 Å². The maximum atomic E-state index is 11.1. The number of phenolic OH excluding ortho intramolecular Hbond substituents is 3. The maximum Gasteiger partial charge on any atom is 0.157 e. The topological polar surface area (TPSA) is 104 Å². The fourth-order valence-corrected chi connectivity index (χ4v) is 2.29. The van der Waals surface area contributed by atoms with Crippen LogP contribution in [-0.4, -0.2) is 35.0 Å². The molecule has 22 heavy (non-hydrogen) atoms. The van der Waals surface area contributed by atoms with Crippen molar-refractivity contribution in [1.82, 2.24) is 0 Å². The molecule has 0 aromatic heterocycles. The number of carbonyl (C=O) groups is 2. The minimum Gasteiger partial charge on any atom is -0.507 e.